The lowest BCUT2D eigenvalue weighted by molar-refractivity contribution is -0.145. The second-order valence-electron chi connectivity index (χ2n) is 6.46. The Morgan fingerprint density at radius 2 is 2.29 bits per heavy atom. The zero-order valence-corrected chi connectivity index (χ0v) is 14.2. The van der Waals surface area contributed by atoms with Gasteiger partial charge in [-0.3, -0.25) is 4.79 Å². The van der Waals surface area contributed by atoms with E-state index >= 15 is 0 Å². The molecule has 7 heteroatoms. The van der Waals surface area contributed by atoms with E-state index in [9.17, 15) is 4.79 Å². The number of ether oxygens (including phenoxy) is 2. The van der Waals surface area contributed by atoms with Gasteiger partial charge in [0.15, 0.2) is 0 Å². The van der Waals surface area contributed by atoms with Crippen LogP contribution in [0, 0.1) is 0 Å². The van der Waals surface area contributed by atoms with Crippen molar-refractivity contribution in [3.63, 3.8) is 0 Å². The van der Waals surface area contributed by atoms with Crippen LogP contribution in [0.3, 0.4) is 0 Å². The summed E-state index contributed by atoms with van der Waals surface area (Å²) in [6, 6.07) is 4.10. The number of anilines is 1. The molecule has 7 nitrogen and oxygen atoms in total. The van der Waals surface area contributed by atoms with Gasteiger partial charge in [-0.1, -0.05) is 0 Å². The van der Waals surface area contributed by atoms with Crippen LogP contribution < -0.4 is 5.32 Å². The number of likely N-dealkylation sites (tertiary alicyclic amines) is 1. The van der Waals surface area contributed by atoms with Gasteiger partial charge in [-0.05, 0) is 44.7 Å². The molecule has 1 aromatic rings. The number of amides is 1. The van der Waals surface area contributed by atoms with Gasteiger partial charge < -0.3 is 19.7 Å². The minimum atomic E-state index is -0.404. The molecule has 1 amide bonds. The Kier molecular flexibility index (Phi) is 5.98. The van der Waals surface area contributed by atoms with Crippen molar-refractivity contribution < 1.29 is 14.3 Å². The molecule has 2 aliphatic heterocycles. The number of hydrogen-bond donors (Lipinski definition) is 1. The molecular formula is C17H26N4O3. The maximum absolute atomic E-state index is 12.5. The Morgan fingerprint density at radius 1 is 1.46 bits per heavy atom. The van der Waals surface area contributed by atoms with Crippen molar-refractivity contribution in [1.29, 1.82) is 0 Å². The summed E-state index contributed by atoms with van der Waals surface area (Å²) in [6.45, 7) is 4.64. The van der Waals surface area contributed by atoms with E-state index < -0.39 is 6.10 Å². The fraction of sp³-hybridized carbons (Fsp3) is 0.706. The average Bonchev–Trinajstić information content (AvgIpc) is 3.14. The van der Waals surface area contributed by atoms with Crippen LogP contribution in [0.4, 0.5) is 5.82 Å². The monoisotopic (exact) mass is 334 g/mol. The van der Waals surface area contributed by atoms with Gasteiger partial charge in [-0.15, -0.1) is 5.10 Å². The fourth-order valence-electron chi connectivity index (χ4n) is 3.19. The molecule has 0 unspecified atom stereocenters. The van der Waals surface area contributed by atoms with Gasteiger partial charge >= 0.3 is 0 Å². The first-order valence-corrected chi connectivity index (χ1v) is 8.78. The third kappa shape index (κ3) is 4.64. The molecule has 0 aromatic carbocycles. The number of piperidine rings is 1. The third-order valence-corrected chi connectivity index (χ3v) is 4.63. The van der Waals surface area contributed by atoms with Gasteiger partial charge in [0.25, 0.3) is 5.91 Å². The summed E-state index contributed by atoms with van der Waals surface area (Å²) in [5.74, 6) is 0.862. The minimum Gasteiger partial charge on any atom is -0.376 e. The SMILES string of the molecule is C[C@H](OC[C@@H]1CCCO1)C(=O)N1CCC(Nc2cccnn2)CC1. The van der Waals surface area contributed by atoms with Crippen LogP contribution in [0.25, 0.3) is 0 Å². The van der Waals surface area contributed by atoms with Gasteiger partial charge in [0.2, 0.25) is 0 Å². The lowest BCUT2D eigenvalue weighted by Crippen LogP contribution is -2.46. The summed E-state index contributed by atoms with van der Waals surface area (Å²) in [6.07, 6.45) is 5.33. The third-order valence-electron chi connectivity index (χ3n) is 4.63. The molecule has 1 N–H and O–H groups in total. The second-order valence-corrected chi connectivity index (χ2v) is 6.46. The highest BCUT2D eigenvalue weighted by Crippen LogP contribution is 2.17. The Labute approximate surface area is 142 Å². The van der Waals surface area contributed by atoms with Crippen LogP contribution >= 0.6 is 0 Å². The van der Waals surface area contributed by atoms with Gasteiger partial charge in [0.1, 0.15) is 11.9 Å². The first-order chi connectivity index (χ1) is 11.7. The molecule has 0 bridgehead atoms. The lowest BCUT2D eigenvalue weighted by atomic mass is 10.0. The summed E-state index contributed by atoms with van der Waals surface area (Å²) >= 11 is 0. The Hall–Kier alpha value is -1.73. The number of nitrogens with one attached hydrogen (secondary N) is 1. The van der Waals surface area contributed by atoms with Crippen LogP contribution in [0.5, 0.6) is 0 Å². The van der Waals surface area contributed by atoms with Gasteiger partial charge in [0.05, 0.1) is 12.7 Å². The summed E-state index contributed by atoms with van der Waals surface area (Å²) in [5.41, 5.74) is 0. The number of carbonyl (C=O) groups is 1. The highest BCUT2D eigenvalue weighted by molar-refractivity contribution is 5.80. The molecule has 0 radical (unpaired) electrons. The number of carbonyl (C=O) groups excluding carboxylic acids is 1. The topological polar surface area (TPSA) is 76.6 Å². The van der Waals surface area contributed by atoms with Gasteiger partial charge in [-0.25, -0.2) is 0 Å². The number of hydrogen-bond acceptors (Lipinski definition) is 6. The van der Waals surface area contributed by atoms with E-state index in [1.54, 1.807) is 6.20 Å². The maximum atomic E-state index is 12.5. The predicted octanol–water partition coefficient (Wildman–Crippen LogP) is 1.46. The van der Waals surface area contributed by atoms with Crippen molar-refractivity contribution in [2.24, 2.45) is 0 Å². The van der Waals surface area contributed by atoms with E-state index in [1.807, 2.05) is 24.0 Å². The van der Waals surface area contributed by atoms with Crippen molar-refractivity contribution in [1.82, 2.24) is 15.1 Å². The smallest absolute Gasteiger partial charge is 0.251 e. The van der Waals surface area contributed by atoms with E-state index in [-0.39, 0.29) is 12.0 Å². The Morgan fingerprint density at radius 3 is 2.96 bits per heavy atom. The molecule has 2 atom stereocenters. The second kappa shape index (κ2) is 8.39. The number of nitrogens with zero attached hydrogens (tertiary/aromatic N) is 3. The van der Waals surface area contributed by atoms with Crippen molar-refractivity contribution in [2.45, 2.75) is 50.9 Å². The van der Waals surface area contributed by atoms with E-state index in [4.69, 9.17) is 9.47 Å². The largest absolute Gasteiger partial charge is 0.376 e. The van der Waals surface area contributed by atoms with Crippen molar-refractivity contribution in [3.05, 3.63) is 18.3 Å². The summed E-state index contributed by atoms with van der Waals surface area (Å²) < 4.78 is 11.2. The van der Waals surface area contributed by atoms with Crippen LogP contribution in [0.2, 0.25) is 0 Å². The molecule has 0 spiro atoms. The normalized spacial score (nSPS) is 23.2. The maximum Gasteiger partial charge on any atom is 0.251 e. The lowest BCUT2D eigenvalue weighted by Gasteiger charge is -2.34. The first-order valence-electron chi connectivity index (χ1n) is 8.78. The molecule has 2 aliphatic rings. The van der Waals surface area contributed by atoms with Crippen molar-refractivity contribution in [3.8, 4) is 0 Å². The van der Waals surface area contributed by atoms with Crippen molar-refractivity contribution in [2.75, 3.05) is 31.6 Å². The molecule has 2 saturated heterocycles. The van der Waals surface area contributed by atoms with Gasteiger partial charge in [-0.2, -0.15) is 5.10 Å². The minimum absolute atomic E-state index is 0.0750. The standard InChI is InChI=1S/C17H26N4O3/c1-13(24-12-15-4-3-11-23-15)17(22)21-9-6-14(7-10-21)19-16-5-2-8-18-20-16/h2,5,8,13-15H,3-4,6-7,9-12H2,1H3,(H,19,20)/t13-,15-/m0/s1. The van der Waals surface area contributed by atoms with E-state index in [0.29, 0.717) is 12.6 Å². The van der Waals surface area contributed by atoms with Gasteiger partial charge in [0, 0.05) is 31.9 Å². The number of rotatable bonds is 6. The molecule has 24 heavy (non-hydrogen) atoms. The molecule has 132 valence electrons. The molecule has 2 fully saturated rings. The average molecular weight is 334 g/mol. The predicted molar refractivity (Wildman–Crippen MR) is 89.6 cm³/mol. The van der Waals surface area contributed by atoms with E-state index in [0.717, 1.165) is 51.2 Å². The Bertz CT molecular complexity index is 514. The highest BCUT2D eigenvalue weighted by atomic mass is 16.5. The molecular weight excluding hydrogens is 308 g/mol. The molecule has 0 aliphatic carbocycles. The quantitative estimate of drug-likeness (QED) is 0.849. The zero-order valence-electron chi connectivity index (χ0n) is 14.2. The Balaban J connectivity index is 1.39. The van der Waals surface area contributed by atoms with Crippen LogP contribution in [-0.2, 0) is 14.3 Å². The fourth-order valence-corrected chi connectivity index (χ4v) is 3.19. The summed E-state index contributed by atoms with van der Waals surface area (Å²) in [7, 11) is 0. The zero-order chi connectivity index (χ0) is 16.8. The molecule has 1 aromatic heterocycles. The molecule has 3 rings (SSSR count). The highest BCUT2D eigenvalue weighted by Gasteiger charge is 2.27. The molecule has 0 saturated carbocycles. The van der Waals surface area contributed by atoms with Crippen molar-refractivity contribution >= 4 is 11.7 Å². The summed E-state index contributed by atoms with van der Waals surface area (Å²) in [5, 5.41) is 11.3. The summed E-state index contributed by atoms with van der Waals surface area (Å²) in [4.78, 5) is 14.4. The van der Waals surface area contributed by atoms with Crippen LogP contribution in [-0.4, -0.2) is 65.6 Å². The van der Waals surface area contributed by atoms with Crippen LogP contribution in [0.1, 0.15) is 32.6 Å². The first kappa shape index (κ1) is 17.1. The van der Waals surface area contributed by atoms with E-state index in [1.165, 1.54) is 0 Å². The van der Waals surface area contributed by atoms with Crippen LogP contribution in [0.15, 0.2) is 18.3 Å². The van der Waals surface area contributed by atoms with E-state index in [2.05, 4.69) is 15.5 Å². The molecule has 3 heterocycles. The number of aromatic nitrogens is 2.